The number of fused-ring (bicyclic) bond motifs is 2. The molecular formula is C8H11NO. The van der Waals surface area contributed by atoms with Crippen molar-refractivity contribution in [2.24, 2.45) is 11.8 Å². The molecule has 3 rings (SSSR count). The Morgan fingerprint density at radius 3 is 2.50 bits per heavy atom. The van der Waals surface area contributed by atoms with Crippen molar-refractivity contribution in [2.75, 3.05) is 0 Å². The van der Waals surface area contributed by atoms with E-state index in [4.69, 9.17) is 10.00 Å². The molecule has 0 aromatic heterocycles. The van der Waals surface area contributed by atoms with Crippen LogP contribution in [0.3, 0.4) is 0 Å². The maximum Gasteiger partial charge on any atom is 0.0986 e. The van der Waals surface area contributed by atoms with Crippen LogP contribution in [0.4, 0.5) is 0 Å². The minimum Gasteiger partial charge on any atom is -0.372 e. The smallest absolute Gasteiger partial charge is 0.0986 e. The highest BCUT2D eigenvalue weighted by Crippen LogP contribution is 2.42. The highest BCUT2D eigenvalue weighted by molar-refractivity contribution is 5.05. The van der Waals surface area contributed by atoms with E-state index in [1.807, 2.05) is 0 Å². The Morgan fingerprint density at radius 1 is 1.40 bits per heavy atom. The SMILES string of the molecule is CC1CC2OC(C1)C2C#N. The minimum atomic E-state index is 0.219. The van der Waals surface area contributed by atoms with Gasteiger partial charge >= 0.3 is 0 Å². The lowest BCUT2D eigenvalue weighted by Crippen LogP contribution is -2.53. The molecule has 2 aliphatic heterocycles. The van der Waals surface area contributed by atoms with E-state index in [0.29, 0.717) is 0 Å². The summed E-state index contributed by atoms with van der Waals surface area (Å²) >= 11 is 0. The zero-order chi connectivity index (χ0) is 7.14. The molecule has 1 saturated carbocycles. The lowest BCUT2D eigenvalue weighted by atomic mass is 9.74. The molecule has 54 valence electrons. The molecule has 0 amide bonds. The summed E-state index contributed by atoms with van der Waals surface area (Å²) in [5, 5.41) is 8.65. The van der Waals surface area contributed by atoms with Crippen molar-refractivity contribution >= 4 is 0 Å². The summed E-state index contributed by atoms with van der Waals surface area (Å²) in [7, 11) is 0. The van der Waals surface area contributed by atoms with Crippen molar-refractivity contribution in [1.29, 1.82) is 5.26 Å². The zero-order valence-corrected chi connectivity index (χ0v) is 6.08. The van der Waals surface area contributed by atoms with Crippen molar-refractivity contribution < 1.29 is 4.74 Å². The van der Waals surface area contributed by atoms with E-state index < -0.39 is 0 Å². The molecule has 2 heterocycles. The summed E-state index contributed by atoms with van der Waals surface area (Å²) in [6.45, 7) is 2.23. The van der Waals surface area contributed by atoms with E-state index in [0.717, 1.165) is 18.8 Å². The lowest BCUT2D eigenvalue weighted by molar-refractivity contribution is -0.204. The first-order valence-corrected chi connectivity index (χ1v) is 3.86. The normalized spacial score (nSPS) is 51.2. The molecule has 2 nitrogen and oxygen atoms in total. The van der Waals surface area contributed by atoms with Gasteiger partial charge in [-0.2, -0.15) is 5.26 Å². The maximum atomic E-state index is 8.65. The first-order chi connectivity index (χ1) is 4.81. The van der Waals surface area contributed by atoms with Crippen LogP contribution in [-0.4, -0.2) is 12.2 Å². The van der Waals surface area contributed by atoms with Gasteiger partial charge in [0.2, 0.25) is 0 Å². The summed E-state index contributed by atoms with van der Waals surface area (Å²) in [6.07, 6.45) is 2.74. The molecule has 0 radical (unpaired) electrons. The molecule has 0 aromatic carbocycles. The number of hydrogen-bond donors (Lipinski definition) is 0. The van der Waals surface area contributed by atoms with Crippen molar-refractivity contribution in [3.63, 3.8) is 0 Å². The van der Waals surface area contributed by atoms with E-state index >= 15 is 0 Å². The van der Waals surface area contributed by atoms with Crippen LogP contribution in [0.15, 0.2) is 0 Å². The van der Waals surface area contributed by atoms with Crippen molar-refractivity contribution in [2.45, 2.75) is 32.0 Å². The van der Waals surface area contributed by atoms with Gasteiger partial charge in [-0.05, 0) is 18.8 Å². The molecule has 2 heteroatoms. The average Bonchev–Trinajstić information content (AvgIpc) is 1.87. The summed E-state index contributed by atoms with van der Waals surface area (Å²) < 4.78 is 5.43. The van der Waals surface area contributed by atoms with Crippen LogP contribution in [0.1, 0.15) is 19.8 Å². The molecule has 2 bridgehead atoms. The van der Waals surface area contributed by atoms with E-state index in [2.05, 4.69) is 13.0 Å². The van der Waals surface area contributed by atoms with Gasteiger partial charge in [0.1, 0.15) is 0 Å². The van der Waals surface area contributed by atoms with Crippen LogP contribution in [0.2, 0.25) is 0 Å². The second-order valence-corrected chi connectivity index (χ2v) is 3.44. The first-order valence-electron chi connectivity index (χ1n) is 3.86. The quantitative estimate of drug-likeness (QED) is 0.504. The van der Waals surface area contributed by atoms with Gasteiger partial charge in [0.25, 0.3) is 0 Å². The monoisotopic (exact) mass is 137 g/mol. The summed E-state index contributed by atoms with van der Waals surface area (Å²) in [4.78, 5) is 0. The van der Waals surface area contributed by atoms with Gasteiger partial charge in [-0.25, -0.2) is 0 Å². The van der Waals surface area contributed by atoms with Crippen molar-refractivity contribution in [3.8, 4) is 6.07 Å². The Kier molecular flexibility index (Phi) is 1.21. The van der Waals surface area contributed by atoms with Gasteiger partial charge in [-0.1, -0.05) is 6.92 Å². The van der Waals surface area contributed by atoms with Crippen LogP contribution < -0.4 is 0 Å². The number of nitrogens with zero attached hydrogens (tertiary/aromatic N) is 1. The molecule has 0 spiro atoms. The average molecular weight is 137 g/mol. The fraction of sp³-hybridized carbons (Fsp3) is 0.875. The number of rotatable bonds is 0. The Balaban J connectivity index is 2.04. The highest BCUT2D eigenvalue weighted by Gasteiger charge is 2.47. The third-order valence-corrected chi connectivity index (χ3v) is 2.57. The lowest BCUT2D eigenvalue weighted by Gasteiger charge is -2.48. The molecule has 3 fully saturated rings. The van der Waals surface area contributed by atoms with Crippen LogP contribution in [0.5, 0.6) is 0 Å². The van der Waals surface area contributed by atoms with Crippen molar-refractivity contribution in [3.05, 3.63) is 0 Å². The van der Waals surface area contributed by atoms with E-state index in [1.165, 1.54) is 0 Å². The Morgan fingerprint density at radius 2 is 2.00 bits per heavy atom. The van der Waals surface area contributed by atoms with Crippen LogP contribution in [-0.2, 0) is 4.74 Å². The Hall–Kier alpha value is -0.550. The molecule has 2 atom stereocenters. The van der Waals surface area contributed by atoms with E-state index in [-0.39, 0.29) is 18.1 Å². The van der Waals surface area contributed by atoms with Gasteiger partial charge in [-0.15, -0.1) is 0 Å². The van der Waals surface area contributed by atoms with Gasteiger partial charge in [-0.3, -0.25) is 0 Å². The fourth-order valence-electron chi connectivity index (χ4n) is 2.00. The van der Waals surface area contributed by atoms with Gasteiger partial charge in [0, 0.05) is 0 Å². The van der Waals surface area contributed by atoms with Crippen molar-refractivity contribution in [1.82, 2.24) is 0 Å². The topological polar surface area (TPSA) is 33.0 Å². The first kappa shape index (κ1) is 6.18. The van der Waals surface area contributed by atoms with Crippen LogP contribution >= 0.6 is 0 Å². The summed E-state index contributed by atoms with van der Waals surface area (Å²) in [5.74, 6) is 0.990. The standard InChI is InChI=1S/C8H11NO/c1-5-2-7-6(4-9)8(3-5)10-7/h5-8H,2-3H2,1H3. The third kappa shape index (κ3) is 0.674. The van der Waals surface area contributed by atoms with Gasteiger partial charge in [0.05, 0.1) is 24.2 Å². The predicted molar refractivity (Wildman–Crippen MR) is 36.2 cm³/mol. The molecule has 0 N–H and O–H groups in total. The van der Waals surface area contributed by atoms with E-state index in [1.54, 1.807) is 0 Å². The molecule has 10 heavy (non-hydrogen) atoms. The Labute approximate surface area is 60.8 Å². The summed E-state index contributed by atoms with van der Waals surface area (Å²) in [6, 6.07) is 2.30. The van der Waals surface area contributed by atoms with E-state index in [9.17, 15) is 0 Å². The molecule has 3 aliphatic rings. The summed E-state index contributed by atoms with van der Waals surface area (Å²) in [5.41, 5.74) is 0. The largest absolute Gasteiger partial charge is 0.372 e. The van der Waals surface area contributed by atoms with Crippen LogP contribution in [0, 0.1) is 23.2 Å². The molecule has 0 aromatic rings. The molecule has 1 aliphatic carbocycles. The number of nitriles is 1. The maximum absolute atomic E-state index is 8.65. The van der Waals surface area contributed by atoms with Crippen LogP contribution in [0.25, 0.3) is 0 Å². The number of hydrogen-bond acceptors (Lipinski definition) is 2. The fourth-order valence-corrected chi connectivity index (χ4v) is 2.00. The van der Waals surface area contributed by atoms with Gasteiger partial charge < -0.3 is 4.74 Å². The Bertz CT molecular complexity index is 172. The van der Waals surface area contributed by atoms with Gasteiger partial charge in [0.15, 0.2) is 0 Å². The number of ether oxygens (including phenoxy) is 1. The minimum absolute atomic E-state index is 0.219. The second-order valence-electron chi connectivity index (χ2n) is 3.44. The zero-order valence-electron chi connectivity index (χ0n) is 6.08. The molecule has 2 saturated heterocycles. The molecule has 2 unspecified atom stereocenters. The third-order valence-electron chi connectivity index (χ3n) is 2.57. The second kappa shape index (κ2) is 1.96. The predicted octanol–water partition coefficient (Wildman–Crippen LogP) is 1.32. The highest BCUT2D eigenvalue weighted by atomic mass is 16.5. The molecular weight excluding hydrogens is 126 g/mol.